The van der Waals surface area contributed by atoms with Crippen LogP contribution in [-0.4, -0.2) is 11.7 Å². The fourth-order valence-electron chi connectivity index (χ4n) is 1.37. The molecule has 1 aromatic rings. The molecular weight excluding hydrogens is 172 g/mol. The van der Waals surface area contributed by atoms with Crippen molar-refractivity contribution in [3.63, 3.8) is 0 Å². The highest BCUT2D eigenvalue weighted by atomic mass is 16.3. The quantitative estimate of drug-likeness (QED) is 0.715. The highest BCUT2D eigenvalue weighted by molar-refractivity contribution is 5.27. The minimum absolute atomic E-state index is 0.0692. The van der Waals surface area contributed by atoms with Gasteiger partial charge < -0.3 is 5.11 Å². The van der Waals surface area contributed by atoms with Gasteiger partial charge in [-0.3, -0.25) is 0 Å². The van der Waals surface area contributed by atoms with E-state index in [1.54, 1.807) is 0 Å². The average Bonchev–Trinajstić information content (AvgIpc) is 2.26. The lowest BCUT2D eigenvalue weighted by Crippen LogP contribution is -2.04. The first-order valence-electron chi connectivity index (χ1n) is 4.58. The Labute approximate surface area is 85.1 Å². The van der Waals surface area contributed by atoms with Crippen LogP contribution < -0.4 is 0 Å². The molecule has 0 amide bonds. The smallest absolute Gasteiger partial charge is 0.0503 e. The number of hydrogen-bond acceptors (Lipinski definition) is 1. The van der Waals surface area contributed by atoms with E-state index in [-0.39, 0.29) is 12.5 Å². The van der Waals surface area contributed by atoms with Crippen LogP contribution in [0.25, 0.3) is 0 Å². The van der Waals surface area contributed by atoms with Crippen molar-refractivity contribution in [3.05, 3.63) is 48.0 Å². The summed E-state index contributed by atoms with van der Waals surface area (Å²) in [7, 11) is 0. The summed E-state index contributed by atoms with van der Waals surface area (Å²) in [5, 5.41) is 9.21. The van der Waals surface area contributed by atoms with Crippen molar-refractivity contribution in [2.24, 2.45) is 0 Å². The Morgan fingerprint density at radius 1 is 1.43 bits per heavy atom. The average molecular weight is 186 g/mol. The molecule has 0 aromatic heterocycles. The maximum atomic E-state index is 9.21. The number of terminal acetylenes is 1. The molecule has 0 saturated carbocycles. The van der Waals surface area contributed by atoms with Crippen molar-refractivity contribution in [2.75, 3.05) is 6.61 Å². The second-order valence-corrected chi connectivity index (χ2v) is 3.24. The Kier molecular flexibility index (Phi) is 3.97. The van der Waals surface area contributed by atoms with Gasteiger partial charge in [-0.05, 0) is 17.6 Å². The summed E-state index contributed by atoms with van der Waals surface area (Å²) < 4.78 is 0. The molecule has 1 atom stereocenters. The zero-order valence-electron chi connectivity index (χ0n) is 8.11. The van der Waals surface area contributed by atoms with E-state index in [4.69, 9.17) is 6.42 Å². The summed E-state index contributed by atoms with van der Waals surface area (Å²) in [6.07, 6.45) is 5.87. The van der Waals surface area contributed by atoms with Gasteiger partial charge in [0.05, 0.1) is 6.61 Å². The van der Waals surface area contributed by atoms with Crippen LogP contribution in [-0.2, 0) is 0 Å². The molecule has 1 rings (SSSR count). The predicted molar refractivity (Wildman–Crippen MR) is 58.9 cm³/mol. The molecule has 0 aliphatic heterocycles. The van der Waals surface area contributed by atoms with Crippen LogP contribution in [0.4, 0.5) is 0 Å². The van der Waals surface area contributed by atoms with Crippen LogP contribution in [0.1, 0.15) is 17.9 Å². The molecule has 0 spiro atoms. The summed E-state index contributed by atoms with van der Waals surface area (Å²) in [4.78, 5) is 0. The van der Waals surface area contributed by atoms with Gasteiger partial charge in [-0.1, -0.05) is 42.8 Å². The molecule has 14 heavy (non-hydrogen) atoms. The molecule has 0 radical (unpaired) electrons. The first-order chi connectivity index (χ1) is 6.77. The molecule has 1 nitrogen and oxygen atoms in total. The molecular formula is C13H14O. The third-order valence-electron chi connectivity index (χ3n) is 2.19. The lowest BCUT2D eigenvalue weighted by molar-refractivity contribution is 0.265. The van der Waals surface area contributed by atoms with Crippen molar-refractivity contribution in [2.45, 2.75) is 12.3 Å². The summed E-state index contributed by atoms with van der Waals surface area (Å²) in [6.45, 7) is 3.84. The van der Waals surface area contributed by atoms with E-state index in [2.05, 4.69) is 12.5 Å². The largest absolute Gasteiger partial charge is 0.396 e. The zero-order chi connectivity index (χ0) is 10.4. The van der Waals surface area contributed by atoms with Gasteiger partial charge in [-0.15, -0.1) is 6.42 Å². The molecule has 1 unspecified atom stereocenters. The van der Waals surface area contributed by atoms with E-state index in [0.717, 1.165) is 11.1 Å². The summed E-state index contributed by atoms with van der Waals surface area (Å²) in [6, 6.07) is 9.84. The Bertz CT molecular complexity index is 332. The number of hydrogen-bond donors (Lipinski definition) is 1. The van der Waals surface area contributed by atoms with Gasteiger partial charge in [-0.25, -0.2) is 0 Å². The Hall–Kier alpha value is -1.52. The fraction of sp³-hybridized carbons (Fsp3) is 0.231. The number of aliphatic hydroxyl groups excluding tert-OH is 1. The van der Waals surface area contributed by atoms with Crippen molar-refractivity contribution in [1.82, 2.24) is 0 Å². The molecule has 1 aromatic carbocycles. The molecule has 1 N–H and O–H groups in total. The SMILES string of the molecule is C#CC(=C)CC(CO)c1ccccc1. The normalized spacial score (nSPS) is 11.7. The third kappa shape index (κ3) is 2.76. The van der Waals surface area contributed by atoms with Gasteiger partial charge in [0.1, 0.15) is 0 Å². The summed E-state index contributed by atoms with van der Waals surface area (Å²) in [5.41, 5.74) is 1.83. The molecule has 72 valence electrons. The third-order valence-corrected chi connectivity index (χ3v) is 2.19. The molecule has 0 aliphatic carbocycles. The van der Waals surface area contributed by atoms with E-state index in [1.807, 2.05) is 30.3 Å². The zero-order valence-corrected chi connectivity index (χ0v) is 8.11. The van der Waals surface area contributed by atoms with Gasteiger partial charge >= 0.3 is 0 Å². The summed E-state index contributed by atoms with van der Waals surface area (Å²) >= 11 is 0. The first kappa shape index (κ1) is 10.6. The number of rotatable bonds is 4. The van der Waals surface area contributed by atoms with Crippen molar-refractivity contribution in [3.8, 4) is 12.3 Å². The molecule has 0 fully saturated rings. The Morgan fingerprint density at radius 3 is 2.57 bits per heavy atom. The molecule has 0 saturated heterocycles. The number of benzene rings is 1. The topological polar surface area (TPSA) is 20.2 Å². The van der Waals surface area contributed by atoms with E-state index < -0.39 is 0 Å². The standard InChI is InChI=1S/C13H14O/c1-3-11(2)9-13(10-14)12-7-5-4-6-8-12/h1,4-8,13-14H,2,9-10H2. The van der Waals surface area contributed by atoms with Crippen molar-refractivity contribution in [1.29, 1.82) is 0 Å². The van der Waals surface area contributed by atoms with Gasteiger partial charge in [0, 0.05) is 5.92 Å². The first-order valence-corrected chi connectivity index (χ1v) is 4.58. The minimum Gasteiger partial charge on any atom is -0.396 e. The van der Waals surface area contributed by atoms with Crippen molar-refractivity contribution < 1.29 is 5.11 Å². The highest BCUT2D eigenvalue weighted by Crippen LogP contribution is 2.21. The molecule has 1 heteroatoms. The molecule has 0 aliphatic rings. The van der Waals surface area contributed by atoms with Crippen LogP contribution >= 0.6 is 0 Å². The van der Waals surface area contributed by atoms with Gasteiger partial charge in [0.15, 0.2) is 0 Å². The number of allylic oxidation sites excluding steroid dienone is 1. The van der Waals surface area contributed by atoms with Crippen molar-refractivity contribution >= 4 is 0 Å². The second kappa shape index (κ2) is 5.26. The van der Waals surface area contributed by atoms with Crippen LogP contribution in [0.3, 0.4) is 0 Å². The van der Waals surface area contributed by atoms with Crippen LogP contribution in [0.5, 0.6) is 0 Å². The second-order valence-electron chi connectivity index (χ2n) is 3.24. The van der Waals surface area contributed by atoms with E-state index in [9.17, 15) is 5.11 Å². The van der Waals surface area contributed by atoms with Crippen LogP contribution in [0.2, 0.25) is 0 Å². The lowest BCUT2D eigenvalue weighted by atomic mass is 9.93. The Balaban J connectivity index is 2.74. The van der Waals surface area contributed by atoms with E-state index in [1.165, 1.54) is 0 Å². The summed E-state index contributed by atoms with van der Waals surface area (Å²) in [5.74, 6) is 2.56. The van der Waals surface area contributed by atoms with E-state index in [0.29, 0.717) is 6.42 Å². The lowest BCUT2D eigenvalue weighted by Gasteiger charge is -2.13. The van der Waals surface area contributed by atoms with Gasteiger partial charge in [0.25, 0.3) is 0 Å². The monoisotopic (exact) mass is 186 g/mol. The van der Waals surface area contributed by atoms with Crippen LogP contribution in [0.15, 0.2) is 42.5 Å². The predicted octanol–water partition coefficient (Wildman–Crippen LogP) is 2.34. The number of aliphatic hydroxyl groups is 1. The maximum absolute atomic E-state index is 9.21. The van der Waals surface area contributed by atoms with E-state index >= 15 is 0 Å². The Morgan fingerprint density at radius 2 is 2.07 bits per heavy atom. The highest BCUT2D eigenvalue weighted by Gasteiger charge is 2.10. The van der Waals surface area contributed by atoms with Gasteiger partial charge in [0.2, 0.25) is 0 Å². The molecule has 0 heterocycles. The van der Waals surface area contributed by atoms with Gasteiger partial charge in [-0.2, -0.15) is 0 Å². The fourth-order valence-corrected chi connectivity index (χ4v) is 1.37. The molecule has 0 bridgehead atoms. The maximum Gasteiger partial charge on any atom is 0.0503 e. The minimum atomic E-state index is 0.0692. The van der Waals surface area contributed by atoms with Crippen LogP contribution in [0, 0.1) is 12.3 Å².